The monoisotopic (exact) mass is 493 g/mol. The fourth-order valence-electron chi connectivity index (χ4n) is 2.82. The zero-order chi connectivity index (χ0) is 19.9. The van der Waals surface area contributed by atoms with Gasteiger partial charge in [0.25, 0.3) is 11.8 Å². The van der Waals surface area contributed by atoms with Crippen molar-refractivity contribution in [2.24, 2.45) is 4.99 Å². The Morgan fingerprint density at radius 2 is 2.11 bits per heavy atom. The minimum Gasteiger partial charge on any atom is -0.479 e. The standard InChI is InChI=1S/C19H20IN5O3/c1-21-18(26)13-4-5-15(11-22-9-13)24-17-16(28-12-20)8-14(10-23-17)19(27)25-6-2-3-7-25/h4-5,8,10-11H,2-3,6-7,12H2,1H3,(H,21,26)(H,23,24). The van der Waals surface area contributed by atoms with E-state index in [0.29, 0.717) is 33.0 Å². The fourth-order valence-corrected chi connectivity index (χ4v) is 3.16. The van der Waals surface area contributed by atoms with E-state index in [1.165, 1.54) is 6.20 Å². The molecule has 3 rings (SSSR count). The largest absolute Gasteiger partial charge is 0.479 e. The maximum atomic E-state index is 12.6. The van der Waals surface area contributed by atoms with Crippen LogP contribution >= 0.6 is 22.6 Å². The number of rotatable bonds is 6. The summed E-state index contributed by atoms with van der Waals surface area (Å²) in [5.41, 5.74) is 1.42. The smallest absolute Gasteiger partial charge is 0.260 e. The average Bonchev–Trinajstić information content (AvgIpc) is 3.15. The van der Waals surface area contributed by atoms with Crippen LogP contribution in [0.25, 0.3) is 0 Å². The number of anilines is 1. The van der Waals surface area contributed by atoms with E-state index in [9.17, 15) is 9.59 Å². The lowest BCUT2D eigenvalue weighted by atomic mass is 10.2. The molecule has 2 aliphatic heterocycles. The molecule has 8 nitrogen and oxygen atoms in total. The first-order valence-corrected chi connectivity index (χ1v) is 10.3. The Labute approximate surface area is 176 Å². The van der Waals surface area contributed by atoms with Gasteiger partial charge in [0.15, 0.2) is 11.6 Å². The summed E-state index contributed by atoms with van der Waals surface area (Å²) in [5.74, 6) is 3.30. The quantitative estimate of drug-likeness (QED) is 0.469. The summed E-state index contributed by atoms with van der Waals surface area (Å²) in [4.78, 5) is 34.5. The van der Waals surface area contributed by atoms with E-state index in [4.69, 9.17) is 4.74 Å². The van der Waals surface area contributed by atoms with Crippen molar-refractivity contribution in [3.63, 3.8) is 0 Å². The van der Waals surface area contributed by atoms with Gasteiger partial charge < -0.3 is 20.3 Å². The zero-order valence-corrected chi connectivity index (χ0v) is 17.5. The lowest BCUT2D eigenvalue weighted by Gasteiger charge is -2.17. The van der Waals surface area contributed by atoms with Gasteiger partial charge in [0.05, 0.1) is 17.5 Å². The normalized spacial score (nSPS) is 15.6. The number of hydrogen-bond donors (Lipinski definition) is 2. The number of carbonyl (C=O) groups is 2. The van der Waals surface area contributed by atoms with Crippen molar-refractivity contribution in [3.8, 4) is 5.75 Å². The molecular weight excluding hydrogens is 473 g/mol. The van der Waals surface area contributed by atoms with Crippen LogP contribution in [0.4, 0.5) is 5.82 Å². The number of carbonyl (C=O) groups excluding carboxylic acids is 2. The van der Waals surface area contributed by atoms with Gasteiger partial charge in [-0.3, -0.25) is 9.59 Å². The number of pyridine rings is 1. The van der Waals surface area contributed by atoms with Gasteiger partial charge in [-0.05, 0) is 53.7 Å². The highest BCUT2D eigenvalue weighted by Gasteiger charge is 2.21. The summed E-state index contributed by atoms with van der Waals surface area (Å²) >= 11 is 2.09. The maximum absolute atomic E-state index is 12.6. The molecule has 1 saturated heterocycles. The first-order valence-electron chi connectivity index (χ1n) is 8.80. The van der Waals surface area contributed by atoms with Crippen molar-refractivity contribution in [1.29, 1.82) is 0 Å². The predicted molar refractivity (Wildman–Crippen MR) is 115 cm³/mol. The van der Waals surface area contributed by atoms with Gasteiger partial charge in [-0.1, -0.05) is 0 Å². The van der Waals surface area contributed by atoms with E-state index in [2.05, 4.69) is 49.1 Å². The van der Waals surface area contributed by atoms with Crippen LogP contribution in [0.15, 0.2) is 46.9 Å². The van der Waals surface area contributed by atoms with Gasteiger partial charge in [-0.25, -0.2) is 9.98 Å². The van der Waals surface area contributed by atoms with Crippen molar-refractivity contribution < 1.29 is 14.3 Å². The number of likely N-dealkylation sites (N-methyl/N-ethyl adjacent to an activating group) is 1. The van der Waals surface area contributed by atoms with Gasteiger partial charge in [0.2, 0.25) is 0 Å². The number of aromatic nitrogens is 1. The summed E-state index contributed by atoms with van der Waals surface area (Å²) in [6.07, 6.45) is 8.45. The molecule has 1 aromatic heterocycles. The molecule has 0 radical (unpaired) electrons. The number of allylic oxidation sites excluding steroid dienone is 1. The first-order chi connectivity index (χ1) is 13.6. The molecule has 28 heavy (non-hydrogen) atoms. The summed E-state index contributed by atoms with van der Waals surface area (Å²) in [5, 5.41) is 5.65. The van der Waals surface area contributed by atoms with E-state index in [1.54, 1.807) is 31.5 Å². The first kappa shape index (κ1) is 20.1. The molecule has 3 heterocycles. The minimum atomic E-state index is -0.272. The molecule has 0 atom stereocenters. The third kappa shape index (κ3) is 4.79. The van der Waals surface area contributed by atoms with Crippen LogP contribution in [0.5, 0.6) is 5.75 Å². The Hall–Kier alpha value is -2.65. The van der Waals surface area contributed by atoms with Gasteiger partial charge in [0, 0.05) is 32.2 Å². The molecule has 0 aromatic carbocycles. The summed E-state index contributed by atoms with van der Waals surface area (Å²) in [6, 6.07) is 1.70. The summed E-state index contributed by atoms with van der Waals surface area (Å²) in [6.45, 7) is 1.55. The number of halogens is 1. The van der Waals surface area contributed by atoms with Crippen LogP contribution in [0.3, 0.4) is 0 Å². The van der Waals surface area contributed by atoms with Gasteiger partial charge in [-0.15, -0.1) is 0 Å². The second kappa shape index (κ2) is 9.52. The van der Waals surface area contributed by atoms with Crippen molar-refractivity contribution in [2.45, 2.75) is 12.8 Å². The molecule has 1 aromatic rings. The van der Waals surface area contributed by atoms with Crippen LogP contribution in [-0.2, 0) is 4.79 Å². The van der Waals surface area contributed by atoms with Crippen LogP contribution in [0.1, 0.15) is 23.2 Å². The van der Waals surface area contributed by atoms with Crippen molar-refractivity contribution >= 4 is 46.1 Å². The highest BCUT2D eigenvalue weighted by atomic mass is 127. The molecule has 2 N–H and O–H groups in total. The lowest BCUT2D eigenvalue weighted by Crippen LogP contribution is -2.27. The number of likely N-dealkylation sites (tertiary alicyclic amines) is 1. The molecule has 0 bridgehead atoms. The SMILES string of the molecule is CNC(=O)C1=C=NC=C(Nc2ncc(C(=O)N3CCCC3)cc2OCI)C=C1. The van der Waals surface area contributed by atoms with Crippen LogP contribution in [0, 0.1) is 0 Å². The molecule has 2 amide bonds. The Bertz CT molecular complexity index is 897. The molecule has 0 spiro atoms. The van der Waals surface area contributed by atoms with Crippen LogP contribution in [0.2, 0.25) is 0 Å². The Kier molecular flexibility index (Phi) is 6.83. The maximum Gasteiger partial charge on any atom is 0.260 e. The lowest BCUT2D eigenvalue weighted by molar-refractivity contribution is -0.116. The van der Waals surface area contributed by atoms with E-state index in [0.717, 1.165) is 25.9 Å². The number of nitrogens with one attached hydrogen (secondary N) is 2. The predicted octanol–water partition coefficient (Wildman–Crippen LogP) is 2.25. The van der Waals surface area contributed by atoms with Gasteiger partial charge in [0.1, 0.15) is 10.2 Å². The minimum absolute atomic E-state index is 0.0348. The number of hydrogen-bond acceptors (Lipinski definition) is 6. The Morgan fingerprint density at radius 1 is 1.32 bits per heavy atom. The van der Waals surface area contributed by atoms with Gasteiger partial charge in [-0.2, -0.15) is 0 Å². The molecular formula is C19H20IN5O3. The number of alkyl halides is 1. The fraction of sp³-hybridized carbons (Fsp3) is 0.316. The summed E-state index contributed by atoms with van der Waals surface area (Å²) < 4.78 is 6.07. The van der Waals surface area contributed by atoms with E-state index >= 15 is 0 Å². The van der Waals surface area contributed by atoms with E-state index in [1.807, 2.05) is 4.90 Å². The van der Waals surface area contributed by atoms with Crippen molar-refractivity contribution in [2.75, 3.05) is 30.1 Å². The molecule has 0 aliphatic carbocycles. The third-order valence-electron chi connectivity index (χ3n) is 4.26. The highest BCUT2D eigenvalue weighted by molar-refractivity contribution is 14.1. The number of aliphatic imine (C=N–C) groups is 1. The topological polar surface area (TPSA) is 95.9 Å². The number of ether oxygens (including phenoxy) is 1. The molecule has 2 aliphatic rings. The summed E-state index contributed by atoms with van der Waals surface area (Å²) in [7, 11) is 1.55. The van der Waals surface area contributed by atoms with Crippen LogP contribution in [-0.4, -0.2) is 52.3 Å². The van der Waals surface area contributed by atoms with E-state index < -0.39 is 0 Å². The van der Waals surface area contributed by atoms with Crippen molar-refractivity contribution in [3.05, 3.63) is 47.4 Å². The number of amides is 2. The van der Waals surface area contributed by atoms with Gasteiger partial charge >= 0.3 is 0 Å². The third-order valence-corrected chi connectivity index (χ3v) is 4.57. The second-order valence-corrected chi connectivity index (χ2v) is 6.72. The number of nitrogens with zero attached hydrogens (tertiary/aromatic N) is 3. The molecule has 9 heteroatoms. The zero-order valence-electron chi connectivity index (χ0n) is 15.4. The Balaban J connectivity index is 1.78. The molecule has 146 valence electrons. The highest BCUT2D eigenvalue weighted by Crippen LogP contribution is 2.27. The van der Waals surface area contributed by atoms with Crippen LogP contribution < -0.4 is 15.4 Å². The molecule has 0 unspecified atom stereocenters. The molecule has 1 fully saturated rings. The average molecular weight is 493 g/mol. The second-order valence-electron chi connectivity index (χ2n) is 6.10. The van der Waals surface area contributed by atoms with Crippen molar-refractivity contribution in [1.82, 2.24) is 15.2 Å². The molecule has 0 saturated carbocycles. The van der Waals surface area contributed by atoms with E-state index in [-0.39, 0.29) is 11.8 Å². The Morgan fingerprint density at radius 3 is 2.82 bits per heavy atom.